The van der Waals surface area contributed by atoms with Crippen LogP contribution in [-0.2, 0) is 0 Å². The second-order valence-corrected chi connectivity index (χ2v) is 5.83. The summed E-state index contributed by atoms with van der Waals surface area (Å²) in [6.45, 7) is 6.58. The highest BCUT2D eigenvalue weighted by Gasteiger charge is 2.14. The predicted octanol–water partition coefficient (Wildman–Crippen LogP) is 4.70. The summed E-state index contributed by atoms with van der Waals surface area (Å²) in [5.74, 6) is 1.28. The smallest absolute Gasteiger partial charge is 0.161 e. The quantitative estimate of drug-likeness (QED) is 0.777. The fourth-order valence-electron chi connectivity index (χ4n) is 2.61. The molecule has 1 atom stereocenters. The number of aryl methyl sites for hydroxylation is 3. The van der Waals surface area contributed by atoms with Crippen molar-refractivity contribution in [3.8, 4) is 17.6 Å². The molecule has 0 spiro atoms. The number of methoxy groups -OCH3 is 1. The lowest BCUT2D eigenvalue weighted by molar-refractivity contribution is 0.285. The lowest BCUT2D eigenvalue weighted by Crippen LogP contribution is -2.07. The second-order valence-electron chi connectivity index (χ2n) is 5.83. The van der Waals surface area contributed by atoms with E-state index in [1.54, 1.807) is 7.11 Å². The van der Waals surface area contributed by atoms with Gasteiger partial charge in [-0.1, -0.05) is 29.8 Å². The molecule has 0 fully saturated rings. The third-order valence-corrected chi connectivity index (χ3v) is 3.95. The van der Waals surface area contributed by atoms with Crippen LogP contribution in [0.3, 0.4) is 0 Å². The van der Waals surface area contributed by atoms with Gasteiger partial charge in [0.25, 0.3) is 0 Å². The number of hydrogen-bond donors (Lipinski definition) is 0. The fourth-order valence-corrected chi connectivity index (χ4v) is 2.61. The minimum Gasteiger partial charge on any atom is -0.493 e. The van der Waals surface area contributed by atoms with Gasteiger partial charge in [0.1, 0.15) is 0 Å². The Kier molecular flexibility index (Phi) is 5.65. The molecule has 0 radical (unpaired) electrons. The van der Waals surface area contributed by atoms with Crippen LogP contribution in [0, 0.1) is 32.1 Å². The van der Waals surface area contributed by atoms with Crippen molar-refractivity contribution in [2.75, 3.05) is 13.7 Å². The Morgan fingerprint density at radius 2 is 1.70 bits per heavy atom. The van der Waals surface area contributed by atoms with E-state index in [1.807, 2.05) is 39.0 Å². The van der Waals surface area contributed by atoms with Gasteiger partial charge in [0.15, 0.2) is 11.5 Å². The molecule has 0 amide bonds. The van der Waals surface area contributed by atoms with Crippen molar-refractivity contribution in [1.29, 1.82) is 5.26 Å². The van der Waals surface area contributed by atoms with E-state index in [4.69, 9.17) is 9.47 Å². The van der Waals surface area contributed by atoms with E-state index < -0.39 is 0 Å². The standard InChI is InChI=1S/C20H23NO2/c1-14-5-7-16(3)18(11-14)17(13-21)9-10-23-19-8-6-15(2)12-20(19)22-4/h5-8,11-12,17H,9-10H2,1-4H3. The molecule has 23 heavy (non-hydrogen) atoms. The number of rotatable bonds is 6. The van der Waals surface area contributed by atoms with Crippen molar-refractivity contribution in [2.45, 2.75) is 33.1 Å². The maximum Gasteiger partial charge on any atom is 0.161 e. The van der Waals surface area contributed by atoms with Crippen LogP contribution in [0.2, 0.25) is 0 Å². The zero-order chi connectivity index (χ0) is 16.8. The second kappa shape index (κ2) is 7.69. The highest BCUT2D eigenvalue weighted by molar-refractivity contribution is 5.42. The number of ether oxygens (including phenoxy) is 2. The van der Waals surface area contributed by atoms with E-state index in [1.165, 1.54) is 5.56 Å². The van der Waals surface area contributed by atoms with Crippen molar-refractivity contribution in [3.63, 3.8) is 0 Å². The normalized spacial score (nSPS) is 11.6. The SMILES string of the molecule is COc1cc(C)ccc1OCCC(C#N)c1cc(C)ccc1C. The van der Waals surface area contributed by atoms with Crippen molar-refractivity contribution in [1.82, 2.24) is 0 Å². The molecule has 3 heteroatoms. The summed E-state index contributed by atoms with van der Waals surface area (Å²) in [5.41, 5.74) is 4.54. The van der Waals surface area contributed by atoms with Gasteiger partial charge >= 0.3 is 0 Å². The lowest BCUT2D eigenvalue weighted by Gasteiger charge is -2.15. The minimum atomic E-state index is -0.161. The van der Waals surface area contributed by atoms with Crippen LogP contribution in [0.1, 0.15) is 34.6 Å². The summed E-state index contributed by atoms with van der Waals surface area (Å²) in [6, 6.07) is 14.5. The first-order chi connectivity index (χ1) is 11.0. The average molecular weight is 309 g/mol. The van der Waals surface area contributed by atoms with E-state index in [2.05, 4.69) is 24.3 Å². The fraction of sp³-hybridized carbons (Fsp3) is 0.350. The average Bonchev–Trinajstić information content (AvgIpc) is 2.55. The zero-order valence-corrected chi connectivity index (χ0v) is 14.2. The largest absolute Gasteiger partial charge is 0.493 e. The van der Waals surface area contributed by atoms with Gasteiger partial charge in [0.05, 0.1) is 25.7 Å². The maximum absolute atomic E-state index is 9.50. The summed E-state index contributed by atoms with van der Waals surface area (Å²) < 4.78 is 11.2. The molecule has 0 aromatic heterocycles. The Bertz CT molecular complexity index is 716. The molecule has 0 aliphatic rings. The molecular formula is C20H23NO2. The van der Waals surface area contributed by atoms with E-state index in [0.29, 0.717) is 13.0 Å². The van der Waals surface area contributed by atoms with Crippen LogP contribution in [-0.4, -0.2) is 13.7 Å². The van der Waals surface area contributed by atoms with Crippen molar-refractivity contribution < 1.29 is 9.47 Å². The molecule has 0 N–H and O–H groups in total. The molecule has 0 aliphatic heterocycles. The Balaban J connectivity index is 2.05. The van der Waals surface area contributed by atoms with Gasteiger partial charge < -0.3 is 9.47 Å². The molecule has 0 bridgehead atoms. The predicted molar refractivity (Wildman–Crippen MR) is 92.1 cm³/mol. The summed E-state index contributed by atoms with van der Waals surface area (Å²) in [7, 11) is 1.63. The molecule has 0 saturated heterocycles. The summed E-state index contributed by atoms with van der Waals surface area (Å²) in [4.78, 5) is 0. The van der Waals surface area contributed by atoms with Gasteiger partial charge in [-0.15, -0.1) is 0 Å². The molecule has 0 saturated carbocycles. The molecule has 1 unspecified atom stereocenters. The van der Waals surface area contributed by atoms with E-state index >= 15 is 0 Å². The van der Waals surface area contributed by atoms with E-state index in [0.717, 1.165) is 28.2 Å². The minimum absolute atomic E-state index is 0.161. The highest BCUT2D eigenvalue weighted by atomic mass is 16.5. The van der Waals surface area contributed by atoms with Crippen LogP contribution < -0.4 is 9.47 Å². The number of benzene rings is 2. The van der Waals surface area contributed by atoms with Crippen LogP contribution in [0.4, 0.5) is 0 Å². The third kappa shape index (κ3) is 4.26. The van der Waals surface area contributed by atoms with Crippen LogP contribution in [0.15, 0.2) is 36.4 Å². The van der Waals surface area contributed by atoms with Crippen molar-refractivity contribution >= 4 is 0 Å². The third-order valence-electron chi connectivity index (χ3n) is 3.95. The molecule has 0 aliphatic carbocycles. The van der Waals surface area contributed by atoms with Crippen molar-refractivity contribution in [2.24, 2.45) is 0 Å². The lowest BCUT2D eigenvalue weighted by atomic mass is 9.92. The number of nitrogens with zero attached hydrogens (tertiary/aromatic N) is 1. The van der Waals surface area contributed by atoms with Gasteiger partial charge in [-0.25, -0.2) is 0 Å². The van der Waals surface area contributed by atoms with E-state index in [9.17, 15) is 5.26 Å². The summed E-state index contributed by atoms with van der Waals surface area (Å²) in [6.07, 6.45) is 0.651. The Morgan fingerprint density at radius 3 is 2.39 bits per heavy atom. The first kappa shape index (κ1) is 16.9. The van der Waals surface area contributed by atoms with E-state index in [-0.39, 0.29) is 5.92 Å². The zero-order valence-electron chi connectivity index (χ0n) is 14.2. The number of nitriles is 1. The molecule has 120 valence electrons. The van der Waals surface area contributed by atoms with Crippen LogP contribution in [0.25, 0.3) is 0 Å². The first-order valence-corrected chi connectivity index (χ1v) is 7.79. The monoisotopic (exact) mass is 309 g/mol. The summed E-state index contributed by atoms with van der Waals surface area (Å²) >= 11 is 0. The molecule has 0 heterocycles. The topological polar surface area (TPSA) is 42.2 Å². The Hall–Kier alpha value is -2.47. The highest BCUT2D eigenvalue weighted by Crippen LogP contribution is 2.29. The molecule has 2 rings (SSSR count). The van der Waals surface area contributed by atoms with Crippen molar-refractivity contribution in [3.05, 3.63) is 58.7 Å². The van der Waals surface area contributed by atoms with Gasteiger partial charge in [-0.3, -0.25) is 0 Å². The van der Waals surface area contributed by atoms with Gasteiger partial charge in [0, 0.05) is 6.42 Å². The number of hydrogen-bond acceptors (Lipinski definition) is 3. The molecule has 2 aromatic carbocycles. The maximum atomic E-state index is 9.50. The summed E-state index contributed by atoms with van der Waals surface area (Å²) in [5, 5.41) is 9.50. The van der Waals surface area contributed by atoms with Crippen LogP contribution in [0.5, 0.6) is 11.5 Å². The molecule has 3 nitrogen and oxygen atoms in total. The Morgan fingerprint density at radius 1 is 1.00 bits per heavy atom. The first-order valence-electron chi connectivity index (χ1n) is 7.79. The van der Waals surface area contributed by atoms with Gasteiger partial charge in [-0.2, -0.15) is 5.26 Å². The van der Waals surface area contributed by atoms with Gasteiger partial charge in [0.2, 0.25) is 0 Å². The molecule has 2 aromatic rings. The Labute approximate surface area is 138 Å². The van der Waals surface area contributed by atoms with Gasteiger partial charge in [-0.05, 0) is 49.6 Å². The molecular weight excluding hydrogens is 286 g/mol. The van der Waals surface area contributed by atoms with Crippen LogP contribution >= 0.6 is 0 Å².